The number of alkyl halides is 3. The summed E-state index contributed by atoms with van der Waals surface area (Å²) >= 11 is 8.19. The smallest absolute Gasteiger partial charge is 0.573 e. The topological polar surface area (TPSA) is 96.3 Å². The van der Waals surface area contributed by atoms with Gasteiger partial charge in [-0.2, -0.15) is 0 Å². The van der Waals surface area contributed by atoms with Gasteiger partial charge in [0.1, 0.15) is 17.9 Å². The second-order valence-electron chi connectivity index (χ2n) is 7.07. The van der Waals surface area contributed by atoms with Crippen LogP contribution in [0.25, 0.3) is 26.7 Å². The lowest BCUT2D eigenvalue weighted by molar-refractivity contribution is -0.706. The largest absolute Gasteiger partial charge is 0.842 e. The van der Waals surface area contributed by atoms with Gasteiger partial charge < -0.3 is 9.84 Å². The van der Waals surface area contributed by atoms with Gasteiger partial charge in [-0.15, -0.1) is 24.5 Å². The summed E-state index contributed by atoms with van der Waals surface area (Å²) in [5.74, 6) is -1.26. The Morgan fingerprint density at radius 2 is 1.94 bits per heavy atom. The third-order valence-electron chi connectivity index (χ3n) is 4.76. The minimum absolute atomic E-state index is 0.0212. The fourth-order valence-electron chi connectivity index (χ4n) is 3.36. The summed E-state index contributed by atoms with van der Waals surface area (Å²) in [6, 6.07) is 8.14. The second-order valence-corrected chi connectivity index (χ2v) is 9.72. The molecule has 4 aromatic heterocycles. The standard InChI is InChI=1S/C21H11ClF3N5O3S2/c22-19-27-9-14(34-19)10-29-17(31)15(11-3-1-5-13(7-11)33-21(23,24)25)18(32)30-20(29)35-16(28-30)12-4-2-6-26-8-12/h1-9H,10H2. The first-order chi connectivity index (χ1) is 16.7. The molecule has 14 heteroatoms. The zero-order chi connectivity index (χ0) is 24.7. The highest BCUT2D eigenvalue weighted by molar-refractivity contribution is 7.19. The van der Waals surface area contributed by atoms with E-state index in [-0.39, 0.29) is 27.1 Å². The molecule has 0 aliphatic heterocycles. The van der Waals surface area contributed by atoms with Crippen molar-refractivity contribution in [3.63, 3.8) is 0 Å². The molecule has 0 bridgehead atoms. The van der Waals surface area contributed by atoms with Gasteiger partial charge in [0, 0.05) is 24.2 Å². The molecule has 0 amide bonds. The quantitative estimate of drug-likeness (QED) is 0.315. The van der Waals surface area contributed by atoms with E-state index in [0.29, 0.717) is 15.4 Å². The van der Waals surface area contributed by atoms with Gasteiger partial charge in [-0.1, -0.05) is 28.8 Å². The Bertz CT molecular complexity index is 1600. The van der Waals surface area contributed by atoms with Crippen LogP contribution in [0.2, 0.25) is 4.47 Å². The molecule has 0 unspecified atom stereocenters. The summed E-state index contributed by atoms with van der Waals surface area (Å²) in [7, 11) is 0. The van der Waals surface area contributed by atoms with Crippen molar-refractivity contribution in [3.8, 4) is 33.3 Å². The minimum Gasteiger partial charge on any atom is -0.842 e. The van der Waals surface area contributed by atoms with E-state index in [1.165, 1.54) is 22.9 Å². The molecule has 4 heterocycles. The van der Waals surface area contributed by atoms with Crippen molar-refractivity contribution in [1.82, 2.24) is 19.6 Å². The first kappa shape index (κ1) is 23.2. The fourth-order valence-corrected chi connectivity index (χ4v) is 5.33. The van der Waals surface area contributed by atoms with E-state index in [1.54, 1.807) is 24.5 Å². The van der Waals surface area contributed by atoms with Crippen LogP contribution in [0, 0.1) is 0 Å². The van der Waals surface area contributed by atoms with E-state index in [1.807, 2.05) is 0 Å². The van der Waals surface area contributed by atoms with E-state index in [0.717, 1.165) is 39.3 Å². The average molecular weight is 538 g/mol. The van der Waals surface area contributed by atoms with Crippen molar-refractivity contribution >= 4 is 39.2 Å². The number of aromatic nitrogens is 5. The molecular formula is C21H11ClF3N5O3S2. The Morgan fingerprint density at radius 3 is 2.63 bits per heavy atom. The average Bonchev–Trinajstić information content (AvgIpc) is 3.43. The maximum absolute atomic E-state index is 13.6. The Morgan fingerprint density at radius 1 is 1.14 bits per heavy atom. The number of hydrogen-bond acceptors (Lipinski definition) is 8. The third kappa shape index (κ3) is 4.70. The normalized spacial score (nSPS) is 11.8. The summed E-state index contributed by atoms with van der Waals surface area (Å²) in [5, 5.41) is 18.4. The molecular weight excluding hydrogens is 527 g/mol. The maximum atomic E-state index is 13.6. The lowest BCUT2D eigenvalue weighted by Crippen LogP contribution is -2.43. The highest BCUT2D eigenvalue weighted by Gasteiger charge is 2.32. The third-order valence-corrected chi connectivity index (χ3v) is 6.95. The van der Waals surface area contributed by atoms with Gasteiger partial charge in [-0.05, 0) is 45.7 Å². The van der Waals surface area contributed by atoms with Crippen molar-refractivity contribution in [3.05, 3.63) is 74.7 Å². The predicted molar refractivity (Wildman–Crippen MR) is 121 cm³/mol. The first-order valence-corrected chi connectivity index (χ1v) is 11.7. The van der Waals surface area contributed by atoms with Crippen molar-refractivity contribution in [2.24, 2.45) is 0 Å². The Balaban J connectivity index is 1.74. The van der Waals surface area contributed by atoms with E-state index in [4.69, 9.17) is 11.6 Å². The van der Waals surface area contributed by atoms with Crippen LogP contribution in [-0.2, 0) is 6.54 Å². The number of benzene rings is 1. The number of fused-ring (bicyclic) bond motifs is 1. The molecule has 5 rings (SSSR count). The van der Waals surface area contributed by atoms with E-state index in [9.17, 15) is 23.1 Å². The molecule has 0 N–H and O–H groups in total. The molecule has 0 aliphatic rings. The molecule has 0 spiro atoms. The molecule has 5 aromatic rings. The molecule has 0 radical (unpaired) electrons. The Kier molecular flexibility index (Phi) is 5.91. The van der Waals surface area contributed by atoms with Gasteiger partial charge in [0.15, 0.2) is 9.47 Å². The van der Waals surface area contributed by atoms with Gasteiger partial charge in [0.2, 0.25) is 0 Å². The number of thiazole rings is 1. The highest BCUT2D eigenvalue weighted by atomic mass is 35.5. The molecule has 0 saturated carbocycles. The zero-order valence-corrected chi connectivity index (χ0v) is 19.6. The lowest BCUT2D eigenvalue weighted by Gasteiger charge is -2.15. The molecule has 0 aliphatic carbocycles. The maximum Gasteiger partial charge on any atom is 0.573 e. The number of nitrogens with zero attached hydrogens (tertiary/aromatic N) is 5. The predicted octanol–water partition coefficient (Wildman–Crippen LogP) is 3.90. The Hall–Kier alpha value is -3.55. The summed E-state index contributed by atoms with van der Waals surface area (Å²) in [6.07, 6.45) is -0.286. The summed E-state index contributed by atoms with van der Waals surface area (Å²) < 4.78 is 44.8. The fraction of sp³-hybridized carbons (Fsp3) is 0.0952. The summed E-state index contributed by atoms with van der Waals surface area (Å²) in [4.78, 5) is 22.3. The number of hydrogen-bond donors (Lipinski definition) is 0. The number of rotatable bonds is 5. The van der Waals surface area contributed by atoms with Crippen molar-refractivity contribution in [2.75, 3.05) is 0 Å². The molecule has 0 atom stereocenters. The van der Waals surface area contributed by atoms with E-state index >= 15 is 0 Å². The Labute approximate surface area is 207 Å². The minimum atomic E-state index is -4.93. The van der Waals surface area contributed by atoms with Crippen LogP contribution in [-0.4, -0.2) is 25.9 Å². The van der Waals surface area contributed by atoms with Gasteiger partial charge in [0.25, 0.3) is 0 Å². The lowest BCUT2D eigenvalue weighted by atomic mass is 10.1. The van der Waals surface area contributed by atoms with Crippen LogP contribution >= 0.6 is 34.3 Å². The van der Waals surface area contributed by atoms with Gasteiger partial charge in [-0.25, -0.2) is 14.3 Å². The monoisotopic (exact) mass is 537 g/mol. The molecule has 0 fully saturated rings. The molecule has 1 aromatic carbocycles. The van der Waals surface area contributed by atoms with Crippen molar-refractivity contribution in [2.45, 2.75) is 12.9 Å². The zero-order valence-electron chi connectivity index (χ0n) is 17.2. The van der Waals surface area contributed by atoms with Crippen LogP contribution in [0.5, 0.6) is 11.6 Å². The van der Waals surface area contributed by atoms with E-state index in [2.05, 4.69) is 19.8 Å². The van der Waals surface area contributed by atoms with Crippen LogP contribution in [0.15, 0.2) is 59.8 Å². The van der Waals surface area contributed by atoms with Crippen LogP contribution in [0.1, 0.15) is 4.88 Å². The van der Waals surface area contributed by atoms with Gasteiger partial charge in [0.05, 0.1) is 10.8 Å². The molecule has 8 nitrogen and oxygen atoms in total. The van der Waals surface area contributed by atoms with Gasteiger partial charge in [-0.3, -0.25) is 4.98 Å². The molecule has 35 heavy (non-hydrogen) atoms. The van der Waals surface area contributed by atoms with Crippen LogP contribution in [0.4, 0.5) is 13.2 Å². The SMILES string of the molecule is O=c1c(-c2cccc(OC(F)(F)F)c2)c([O-])[n+](Cc2cnc(Cl)s2)c2sc(-c3cccnc3)nn12. The van der Waals surface area contributed by atoms with Gasteiger partial charge >= 0.3 is 16.9 Å². The first-order valence-electron chi connectivity index (χ1n) is 9.73. The molecule has 0 saturated heterocycles. The summed E-state index contributed by atoms with van der Waals surface area (Å²) in [5.41, 5.74) is -0.543. The number of halogens is 4. The van der Waals surface area contributed by atoms with Crippen molar-refractivity contribution in [1.29, 1.82) is 0 Å². The van der Waals surface area contributed by atoms with Crippen LogP contribution in [0.3, 0.4) is 0 Å². The second kappa shape index (κ2) is 8.91. The van der Waals surface area contributed by atoms with Crippen molar-refractivity contribution < 1.29 is 27.6 Å². The van der Waals surface area contributed by atoms with Crippen LogP contribution < -0.4 is 20.0 Å². The summed E-state index contributed by atoms with van der Waals surface area (Å²) in [6.45, 7) is 0.0212. The molecule has 178 valence electrons. The van der Waals surface area contributed by atoms with E-state index < -0.39 is 23.6 Å². The number of pyridine rings is 1. The number of ether oxygens (including phenoxy) is 1. The highest BCUT2D eigenvalue weighted by Crippen LogP contribution is 2.31.